The van der Waals surface area contributed by atoms with Gasteiger partial charge >= 0.3 is 0 Å². The van der Waals surface area contributed by atoms with Crippen molar-refractivity contribution in [3.8, 4) is 0 Å². The summed E-state index contributed by atoms with van der Waals surface area (Å²) >= 11 is 0. The molecule has 2 atom stereocenters. The zero-order chi connectivity index (χ0) is 5.40. The van der Waals surface area contributed by atoms with Gasteiger partial charge in [0.25, 0.3) is 0 Å². The third-order valence-electron chi connectivity index (χ3n) is 1.74. The van der Waals surface area contributed by atoms with Crippen LogP contribution >= 0.6 is 0 Å². The Morgan fingerprint density at radius 2 is 2.38 bits per heavy atom. The van der Waals surface area contributed by atoms with Gasteiger partial charge in [-0.25, -0.2) is 0 Å². The summed E-state index contributed by atoms with van der Waals surface area (Å²) in [6.07, 6.45) is 3.47. The summed E-state index contributed by atoms with van der Waals surface area (Å²) in [5, 5.41) is 0. The van der Waals surface area contributed by atoms with Crippen LogP contribution in [0.25, 0.3) is 0 Å². The van der Waals surface area contributed by atoms with Crippen molar-refractivity contribution < 1.29 is 9.47 Å². The Bertz CT molecular complexity index is 72.5. The molecule has 0 saturated carbocycles. The number of ether oxygens (including phenoxy) is 2. The topological polar surface area (TPSA) is 18.5 Å². The second kappa shape index (κ2) is 1.71. The Labute approximate surface area is 48.8 Å². The minimum absolute atomic E-state index is 0.120. The molecule has 45 valence electrons. The van der Waals surface area contributed by atoms with Crippen molar-refractivity contribution in [3.63, 3.8) is 0 Å². The van der Waals surface area contributed by atoms with Crippen LogP contribution in [-0.4, -0.2) is 19.5 Å². The van der Waals surface area contributed by atoms with Crippen LogP contribution in [0, 0.1) is 12.3 Å². The first-order valence-electron chi connectivity index (χ1n) is 3.03. The first-order valence-corrected chi connectivity index (χ1v) is 3.03. The fraction of sp³-hybridized carbons (Fsp3) is 0.833. The highest BCUT2D eigenvalue weighted by Gasteiger charge is 2.33. The zero-order valence-corrected chi connectivity index (χ0v) is 4.67. The second-order valence-corrected chi connectivity index (χ2v) is 2.26. The predicted octanol–water partition coefficient (Wildman–Crippen LogP) is 0.583. The Morgan fingerprint density at radius 1 is 1.38 bits per heavy atom. The molecule has 0 bridgehead atoms. The smallest absolute Gasteiger partial charge is 0.160 e. The van der Waals surface area contributed by atoms with Gasteiger partial charge in [-0.1, -0.05) is 0 Å². The second-order valence-electron chi connectivity index (χ2n) is 2.26. The van der Waals surface area contributed by atoms with Gasteiger partial charge in [-0.15, -0.1) is 0 Å². The molecule has 2 saturated heterocycles. The first-order chi connectivity index (χ1) is 3.97. The van der Waals surface area contributed by atoms with Gasteiger partial charge in [-0.3, -0.25) is 0 Å². The highest BCUT2D eigenvalue weighted by atomic mass is 16.7. The number of rotatable bonds is 0. The van der Waals surface area contributed by atoms with Crippen molar-refractivity contribution in [2.24, 2.45) is 5.92 Å². The van der Waals surface area contributed by atoms with Crippen molar-refractivity contribution in [2.45, 2.75) is 12.7 Å². The molecular formula is C6H9O2. The largest absolute Gasteiger partial charge is 0.352 e. The van der Waals surface area contributed by atoms with Gasteiger partial charge in [0.05, 0.1) is 13.2 Å². The van der Waals surface area contributed by atoms with Crippen LogP contribution in [-0.2, 0) is 9.47 Å². The van der Waals surface area contributed by atoms with Crippen LogP contribution in [0.3, 0.4) is 0 Å². The highest BCUT2D eigenvalue weighted by molar-refractivity contribution is 4.87. The summed E-state index contributed by atoms with van der Waals surface area (Å²) < 4.78 is 10.4. The predicted molar refractivity (Wildman–Crippen MR) is 28.1 cm³/mol. The molecule has 2 rings (SSSR count). The van der Waals surface area contributed by atoms with E-state index in [0.29, 0.717) is 5.92 Å². The SMILES string of the molecule is [CH]1CO[C@@H]2OCC[C@H]12. The summed E-state index contributed by atoms with van der Waals surface area (Å²) in [6, 6.07) is 0. The van der Waals surface area contributed by atoms with E-state index in [4.69, 9.17) is 9.47 Å². The normalized spacial score (nSPS) is 45.0. The van der Waals surface area contributed by atoms with E-state index in [0.717, 1.165) is 19.6 Å². The molecular weight excluding hydrogens is 104 g/mol. The third-order valence-corrected chi connectivity index (χ3v) is 1.74. The maximum atomic E-state index is 5.22. The fourth-order valence-electron chi connectivity index (χ4n) is 1.25. The summed E-state index contributed by atoms with van der Waals surface area (Å²) in [5.74, 6) is 0.606. The average Bonchev–Trinajstić information content (AvgIpc) is 2.15. The zero-order valence-electron chi connectivity index (χ0n) is 4.67. The molecule has 0 aliphatic carbocycles. The molecule has 2 heteroatoms. The fourth-order valence-corrected chi connectivity index (χ4v) is 1.25. The van der Waals surface area contributed by atoms with E-state index < -0.39 is 0 Å². The summed E-state index contributed by atoms with van der Waals surface area (Å²) in [6.45, 7) is 1.67. The van der Waals surface area contributed by atoms with Crippen LogP contribution in [0.15, 0.2) is 0 Å². The van der Waals surface area contributed by atoms with Crippen LogP contribution in [0.4, 0.5) is 0 Å². The number of fused-ring (bicyclic) bond motifs is 1. The maximum Gasteiger partial charge on any atom is 0.160 e. The van der Waals surface area contributed by atoms with Crippen molar-refractivity contribution in [3.05, 3.63) is 6.42 Å². The molecule has 2 nitrogen and oxygen atoms in total. The van der Waals surface area contributed by atoms with E-state index in [9.17, 15) is 0 Å². The van der Waals surface area contributed by atoms with E-state index in [2.05, 4.69) is 6.42 Å². The molecule has 8 heavy (non-hydrogen) atoms. The van der Waals surface area contributed by atoms with Gasteiger partial charge in [0, 0.05) is 5.92 Å². The molecule has 2 aliphatic heterocycles. The van der Waals surface area contributed by atoms with Crippen molar-refractivity contribution in [2.75, 3.05) is 13.2 Å². The lowest BCUT2D eigenvalue weighted by Gasteiger charge is -2.03. The van der Waals surface area contributed by atoms with Gasteiger partial charge in [-0.05, 0) is 12.8 Å². The van der Waals surface area contributed by atoms with E-state index in [1.807, 2.05) is 0 Å². The summed E-state index contributed by atoms with van der Waals surface area (Å²) in [5.41, 5.74) is 0. The van der Waals surface area contributed by atoms with Gasteiger partial charge in [-0.2, -0.15) is 0 Å². The number of hydrogen-bond acceptors (Lipinski definition) is 2. The Balaban J connectivity index is 2.04. The molecule has 0 amide bonds. The lowest BCUT2D eigenvalue weighted by molar-refractivity contribution is -0.0904. The lowest BCUT2D eigenvalue weighted by atomic mass is 10.1. The third kappa shape index (κ3) is 0.565. The maximum absolute atomic E-state index is 5.22. The molecule has 2 aliphatic rings. The van der Waals surface area contributed by atoms with Crippen LogP contribution < -0.4 is 0 Å². The monoisotopic (exact) mass is 113 g/mol. The molecule has 0 N–H and O–H groups in total. The molecule has 0 aromatic carbocycles. The highest BCUT2D eigenvalue weighted by Crippen LogP contribution is 2.29. The average molecular weight is 113 g/mol. The molecule has 0 unspecified atom stereocenters. The Kier molecular flexibility index (Phi) is 1.02. The molecule has 0 aromatic rings. The van der Waals surface area contributed by atoms with Crippen LogP contribution in [0.2, 0.25) is 0 Å². The van der Waals surface area contributed by atoms with Gasteiger partial charge in [0.1, 0.15) is 0 Å². The number of hydrogen-bond donors (Lipinski definition) is 0. The molecule has 0 spiro atoms. The molecule has 2 fully saturated rings. The molecule has 2 heterocycles. The minimum atomic E-state index is 0.120. The quantitative estimate of drug-likeness (QED) is 0.457. The van der Waals surface area contributed by atoms with Gasteiger partial charge in [0.2, 0.25) is 0 Å². The van der Waals surface area contributed by atoms with Crippen molar-refractivity contribution in [1.29, 1.82) is 0 Å². The molecule has 1 radical (unpaired) electrons. The Morgan fingerprint density at radius 3 is 3.25 bits per heavy atom. The van der Waals surface area contributed by atoms with Crippen molar-refractivity contribution >= 4 is 0 Å². The lowest BCUT2D eigenvalue weighted by Crippen LogP contribution is -2.09. The van der Waals surface area contributed by atoms with Crippen molar-refractivity contribution in [1.82, 2.24) is 0 Å². The standard InChI is InChI=1S/C6H9O2/c1-3-7-6-5(1)2-4-8-6/h1,5-6H,2-4H2/t5-,6+/m0/s1. The van der Waals surface area contributed by atoms with E-state index >= 15 is 0 Å². The van der Waals surface area contributed by atoms with E-state index in [-0.39, 0.29) is 6.29 Å². The summed E-state index contributed by atoms with van der Waals surface area (Å²) in [7, 11) is 0. The molecule has 0 aromatic heterocycles. The van der Waals surface area contributed by atoms with E-state index in [1.165, 1.54) is 0 Å². The van der Waals surface area contributed by atoms with Gasteiger partial charge in [0.15, 0.2) is 6.29 Å². The van der Waals surface area contributed by atoms with Crippen LogP contribution in [0.5, 0.6) is 0 Å². The minimum Gasteiger partial charge on any atom is -0.352 e. The van der Waals surface area contributed by atoms with Crippen LogP contribution in [0.1, 0.15) is 6.42 Å². The van der Waals surface area contributed by atoms with E-state index in [1.54, 1.807) is 0 Å². The van der Waals surface area contributed by atoms with Gasteiger partial charge < -0.3 is 9.47 Å². The first kappa shape index (κ1) is 4.77. The summed E-state index contributed by atoms with van der Waals surface area (Å²) in [4.78, 5) is 0. The Hall–Kier alpha value is -0.0800.